The third-order valence-electron chi connectivity index (χ3n) is 3.07. The summed E-state index contributed by atoms with van der Waals surface area (Å²) in [5, 5.41) is 11.9. The molecule has 2 rings (SSSR count). The number of hydrogen-bond donors (Lipinski definition) is 1. The van der Waals surface area contributed by atoms with E-state index in [0.29, 0.717) is 0 Å². The maximum atomic E-state index is 12.8. The van der Waals surface area contributed by atoms with E-state index in [9.17, 15) is 18.0 Å². The number of pyridine rings is 1. The summed E-state index contributed by atoms with van der Waals surface area (Å²) in [6.07, 6.45) is -3.32. The molecule has 0 spiro atoms. The molecule has 140 valence electrons. The van der Waals surface area contributed by atoms with Crippen molar-refractivity contribution >= 4 is 12.1 Å². The molecule has 0 aliphatic carbocycles. The Kier molecular flexibility index (Phi) is 6.32. The number of hydrazone groups is 1. The van der Waals surface area contributed by atoms with E-state index in [0.717, 1.165) is 12.1 Å². The van der Waals surface area contributed by atoms with Gasteiger partial charge in [-0.3, -0.25) is 4.79 Å². The molecule has 0 aliphatic heterocycles. The molecule has 0 saturated heterocycles. The van der Waals surface area contributed by atoms with Gasteiger partial charge in [0.15, 0.2) is 0 Å². The van der Waals surface area contributed by atoms with E-state index in [-0.39, 0.29) is 29.5 Å². The number of carbonyl (C=O) groups excluding carboxylic acids is 1. The second kappa shape index (κ2) is 8.66. The molecule has 0 atom stereocenters. The number of ether oxygens (including phenoxy) is 2. The van der Waals surface area contributed by atoms with E-state index in [1.165, 1.54) is 37.6 Å². The third-order valence-corrected chi connectivity index (χ3v) is 3.07. The molecule has 0 radical (unpaired) electrons. The molecule has 2 aromatic rings. The first-order valence-corrected chi connectivity index (χ1v) is 7.43. The number of benzene rings is 1. The highest BCUT2D eigenvalue weighted by Crippen LogP contribution is 2.33. The van der Waals surface area contributed by atoms with Gasteiger partial charge in [-0.05, 0) is 18.2 Å². The lowest BCUT2D eigenvalue weighted by Crippen LogP contribution is -2.19. The zero-order valence-corrected chi connectivity index (χ0v) is 13.9. The molecule has 7 nitrogen and oxygen atoms in total. The summed E-state index contributed by atoms with van der Waals surface area (Å²) in [6.45, 7) is 0. The predicted molar refractivity (Wildman–Crippen MR) is 88.5 cm³/mol. The van der Waals surface area contributed by atoms with Crippen molar-refractivity contribution in [1.82, 2.24) is 10.4 Å². The molecule has 27 heavy (non-hydrogen) atoms. The van der Waals surface area contributed by atoms with Gasteiger partial charge in [-0.15, -0.1) is 0 Å². The van der Waals surface area contributed by atoms with Crippen molar-refractivity contribution in [3.63, 3.8) is 0 Å². The van der Waals surface area contributed by atoms with Crippen LogP contribution >= 0.6 is 0 Å². The number of amides is 1. The van der Waals surface area contributed by atoms with Crippen LogP contribution in [-0.4, -0.2) is 24.2 Å². The summed E-state index contributed by atoms with van der Waals surface area (Å²) in [6, 6.07) is 8.66. The van der Waals surface area contributed by atoms with E-state index in [2.05, 4.69) is 15.5 Å². The monoisotopic (exact) mass is 378 g/mol. The zero-order chi connectivity index (χ0) is 19.9. The molecule has 0 fully saturated rings. The smallest absolute Gasteiger partial charge is 0.416 e. The fraction of sp³-hybridized carbons (Fsp3) is 0.176. The average molecular weight is 378 g/mol. The van der Waals surface area contributed by atoms with Gasteiger partial charge in [-0.25, -0.2) is 10.4 Å². The van der Waals surface area contributed by atoms with Crippen LogP contribution in [-0.2, 0) is 6.18 Å². The van der Waals surface area contributed by atoms with E-state index in [1.807, 2.05) is 6.07 Å². The van der Waals surface area contributed by atoms with Crippen molar-refractivity contribution in [1.29, 1.82) is 5.26 Å². The molecule has 0 saturated carbocycles. The van der Waals surface area contributed by atoms with E-state index in [4.69, 9.17) is 14.7 Å². The van der Waals surface area contributed by atoms with E-state index < -0.39 is 17.6 Å². The lowest BCUT2D eigenvalue weighted by atomic mass is 10.2. The van der Waals surface area contributed by atoms with Gasteiger partial charge in [0.1, 0.15) is 17.2 Å². The SMILES string of the molecule is COc1cc(Oc2cccc(C(F)(F)F)c2)nc(C(=O)NN=CCC#N)c1. The lowest BCUT2D eigenvalue weighted by Gasteiger charge is -2.11. The molecule has 0 aliphatic rings. The van der Waals surface area contributed by atoms with Gasteiger partial charge in [0, 0.05) is 18.3 Å². The highest BCUT2D eigenvalue weighted by molar-refractivity contribution is 5.93. The summed E-state index contributed by atoms with van der Waals surface area (Å²) < 4.78 is 48.8. The number of halogens is 3. The van der Waals surface area contributed by atoms with Crippen LogP contribution < -0.4 is 14.9 Å². The quantitative estimate of drug-likeness (QED) is 0.613. The van der Waals surface area contributed by atoms with Crippen molar-refractivity contribution < 1.29 is 27.4 Å². The molecule has 1 N–H and O–H groups in total. The summed E-state index contributed by atoms with van der Waals surface area (Å²) in [4.78, 5) is 16.0. The summed E-state index contributed by atoms with van der Waals surface area (Å²) in [5.41, 5.74) is 1.15. The molecule has 10 heteroatoms. The van der Waals surface area contributed by atoms with Crippen LogP contribution in [0.1, 0.15) is 22.5 Å². The molecular formula is C17H13F3N4O3. The van der Waals surface area contributed by atoms with Crippen LogP contribution in [0.2, 0.25) is 0 Å². The first-order valence-electron chi connectivity index (χ1n) is 7.43. The van der Waals surface area contributed by atoms with E-state index >= 15 is 0 Å². The zero-order valence-electron chi connectivity index (χ0n) is 13.9. The number of nitrogens with one attached hydrogen (secondary N) is 1. The minimum absolute atomic E-state index is 0.00965. The van der Waals surface area contributed by atoms with E-state index in [1.54, 1.807) is 0 Å². The molecule has 1 aromatic heterocycles. The van der Waals surface area contributed by atoms with Crippen LogP contribution in [0.15, 0.2) is 41.5 Å². The third kappa shape index (κ3) is 5.71. The van der Waals surface area contributed by atoms with Crippen LogP contribution in [0.25, 0.3) is 0 Å². The molecule has 0 unspecified atom stereocenters. The molecule has 1 heterocycles. The van der Waals surface area contributed by atoms with Crippen LogP contribution in [0.5, 0.6) is 17.4 Å². The largest absolute Gasteiger partial charge is 0.496 e. The first-order chi connectivity index (χ1) is 12.8. The Morgan fingerprint density at radius 3 is 2.78 bits per heavy atom. The standard InChI is InChI=1S/C17H13F3N4O3/c1-26-13-9-14(16(25)24-22-7-3-6-21)23-15(10-13)27-12-5-2-4-11(8-12)17(18,19)20/h2,4-5,7-10H,3H2,1H3,(H,24,25). The van der Waals surface area contributed by atoms with Crippen LogP contribution in [0.4, 0.5) is 13.2 Å². The summed E-state index contributed by atoms with van der Waals surface area (Å²) >= 11 is 0. The van der Waals surface area contributed by atoms with Crippen LogP contribution in [0.3, 0.4) is 0 Å². The maximum absolute atomic E-state index is 12.8. The van der Waals surface area contributed by atoms with Gasteiger partial charge in [-0.1, -0.05) is 6.07 Å². The van der Waals surface area contributed by atoms with Gasteiger partial charge >= 0.3 is 6.18 Å². The number of nitriles is 1. The highest BCUT2D eigenvalue weighted by atomic mass is 19.4. The number of aromatic nitrogens is 1. The Morgan fingerprint density at radius 1 is 1.33 bits per heavy atom. The van der Waals surface area contributed by atoms with Gasteiger partial charge < -0.3 is 9.47 Å². The topological polar surface area (TPSA) is 96.6 Å². The van der Waals surface area contributed by atoms with Crippen molar-refractivity contribution in [2.45, 2.75) is 12.6 Å². The number of nitrogens with zero attached hydrogens (tertiary/aromatic N) is 3. The Morgan fingerprint density at radius 2 is 2.11 bits per heavy atom. The van der Waals surface area contributed by atoms with Crippen LogP contribution in [0, 0.1) is 11.3 Å². The highest BCUT2D eigenvalue weighted by Gasteiger charge is 2.30. The van der Waals surface area contributed by atoms with Crippen molar-refractivity contribution in [2.75, 3.05) is 7.11 Å². The number of carbonyl (C=O) groups is 1. The normalized spacial score (nSPS) is 11.1. The second-order valence-corrected chi connectivity index (χ2v) is 4.97. The predicted octanol–water partition coefficient (Wildman–Crippen LogP) is 3.53. The molecular weight excluding hydrogens is 365 g/mol. The fourth-order valence-corrected chi connectivity index (χ4v) is 1.87. The Balaban J connectivity index is 2.25. The average Bonchev–Trinajstić information content (AvgIpc) is 2.64. The lowest BCUT2D eigenvalue weighted by molar-refractivity contribution is -0.137. The Hall–Kier alpha value is -3.61. The van der Waals surface area contributed by atoms with Gasteiger partial charge in [0.2, 0.25) is 5.88 Å². The van der Waals surface area contributed by atoms with Crippen molar-refractivity contribution in [3.8, 4) is 23.4 Å². The van der Waals surface area contributed by atoms with Crippen molar-refractivity contribution in [3.05, 3.63) is 47.7 Å². The Bertz CT molecular complexity index is 892. The summed E-state index contributed by atoms with van der Waals surface area (Å²) in [7, 11) is 1.34. The fourth-order valence-electron chi connectivity index (χ4n) is 1.87. The van der Waals surface area contributed by atoms with Gasteiger partial charge in [0.05, 0.1) is 25.2 Å². The maximum Gasteiger partial charge on any atom is 0.416 e. The molecule has 1 amide bonds. The molecule has 1 aromatic carbocycles. The number of rotatable bonds is 6. The molecule has 0 bridgehead atoms. The minimum atomic E-state index is -4.52. The van der Waals surface area contributed by atoms with Crippen molar-refractivity contribution in [2.24, 2.45) is 5.10 Å². The number of alkyl halides is 3. The van der Waals surface area contributed by atoms with Gasteiger partial charge in [-0.2, -0.15) is 23.5 Å². The van der Waals surface area contributed by atoms with Gasteiger partial charge in [0.25, 0.3) is 5.91 Å². The number of methoxy groups -OCH3 is 1. The Labute approximate surface area is 152 Å². The first kappa shape index (κ1) is 19.7. The minimum Gasteiger partial charge on any atom is -0.496 e. The summed E-state index contributed by atoms with van der Waals surface area (Å²) in [5.74, 6) is -0.751. The second-order valence-electron chi connectivity index (χ2n) is 4.97. The number of hydrogen-bond acceptors (Lipinski definition) is 6.